The Hall–Kier alpha value is -3.57. The van der Waals surface area contributed by atoms with Gasteiger partial charge in [-0.05, 0) is 49.4 Å². The molecule has 0 aliphatic heterocycles. The molecule has 0 bridgehead atoms. The molecule has 0 fully saturated rings. The van der Waals surface area contributed by atoms with Crippen molar-refractivity contribution in [3.8, 4) is 22.6 Å². The zero-order valence-electron chi connectivity index (χ0n) is 17.9. The summed E-state index contributed by atoms with van der Waals surface area (Å²) in [6.45, 7) is 2.86. The summed E-state index contributed by atoms with van der Waals surface area (Å²) in [6, 6.07) is 20.6. The Labute approximate surface area is 181 Å². The second-order valence-corrected chi connectivity index (χ2v) is 7.69. The third kappa shape index (κ3) is 4.18. The molecule has 31 heavy (non-hydrogen) atoms. The van der Waals surface area contributed by atoms with Crippen molar-refractivity contribution < 1.29 is 14.3 Å². The first-order valence-electron chi connectivity index (χ1n) is 10.1. The van der Waals surface area contributed by atoms with E-state index in [1.807, 2.05) is 61.6 Å². The van der Waals surface area contributed by atoms with Crippen molar-refractivity contribution in [1.82, 2.24) is 4.90 Å². The maximum atomic E-state index is 13.3. The number of aryl methyl sites for hydroxylation is 1. The van der Waals surface area contributed by atoms with Gasteiger partial charge in [-0.2, -0.15) is 0 Å². The number of hydrogen-bond donors (Lipinski definition) is 1. The van der Waals surface area contributed by atoms with Crippen molar-refractivity contribution in [2.24, 2.45) is 0 Å². The molecule has 4 rings (SSSR count). The lowest BCUT2D eigenvalue weighted by molar-refractivity contribution is 0.311. The fraction of sp³-hybridized carbons (Fsp3) is 0.192. The Bertz CT molecular complexity index is 1280. The van der Waals surface area contributed by atoms with E-state index in [0.717, 1.165) is 16.9 Å². The van der Waals surface area contributed by atoms with Gasteiger partial charge in [0.1, 0.15) is 22.8 Å². The number of methoxy groups -OCH3 is 1. The maximum Gasteiger partial charge on any atom is 0.200 e. The first-order valence-corrected chi connectivity index (χ1v) is 10.1. The molecule has 0 aliphatic carbocycles. The lowest BCUT2D eigenvalue weighted by Gasteiger charge is -2.19. The fourth-order valence-corrected chi connectivity index (χ4v) is 3.91. The molecule has 5 heteroatoms. The zero-order chi connectivity index (χ0) is 22.0. The average Bonchev–Trinajstić information content (AvgIpc) is 2.76. The van der Waals surface area contributed by atoms with Gasteiger partial charge >= 0.3 is 0 Å². The first-order chi connectivity index (χ1) is 15.0. The summed E-state index contributed by atoms with van der Waals surface area (Å²) < 4.78 is 11.4. The molecular weight excluding hydrogens is 390 g/mol. The molecule has 0 spiro atoms. The minimum atomic E-state index is -0.0957. The standard InChI is InChI=1S/C26H25NO4/c1-17-24(19-9-5-4-6-10-19)25(29)21-12-13-23(28)22(26(21)31-17)16-27(2)15-18-8-7-11-20(14-18)30-3/h4-14,28H,15-16H2,1-3H3. The fourth-order valence-electron chi connectivity index (χ4n) is 3.91. The molecular formula is C26H25NO4. The summed E-state index contributed by atoms with van der Waals surface area (Å²) in [7, 11) is 3.60. The van der Waals surface area contributed by atoms with Gasteiger partial charge in [-0.25, -0.2) is 0 Å². The Balaban J connectivity index is 1.72. The van der Waals surface area contributed by atoms with Crippen molar-refractivity contribution in [3.05, 3.63) is 93.8 Å². The van der Waals surface area contributed by atoms with Crippen LogP contribution < -0.4 is 10.2 Å². The van der Waals surface area contributed by atoms with Crippen LogP contribution in [0.4, 0.5) is 0 Å². The van der Waals surface area contributed by atoms with E-state index in [2.05, 4.69) is 4.90 Å². The zero-order valence-corrected chi connectivity index (χ0v) is 17.9. The highest BCUT2D eigenvalue weighted by atomic mass is 16.5. The molecule has 0 radical (unpaired) electrons. The van der Waals surface area contributed by atoms with Crippen molar-refractivity contribution in [3.63, 3.8) is 0 Å². The van der Waals surface area contributed by atoms with Crippen LogP contribution in [-0.2, 0) is 13.1 Å². The summed E-state index contributed by atoms with van der Waals surface area (Å²) in [6.07, 6.45) is 0. The van der Waals surface area contributed by atoms with Gasteiger partial charge in [-0.15, -0.1) is 0 Å². The van der Waals surface area contributed by atoms with Crippen LogP contribution in [0, 0.1) is 6.92 Å². The monoisotopic (exact) mass is 415 g/mol. The molecule has 3 aromatic carbocycles. The Kier molecular flexibility index (Phi) is 5.78. The molecule has 0 amide bonds. The molecule has 4 aromatic rings. The van der Waals surface area contributed by atoms with Crippen LogP contribution in [-0.4, -0.2) is 24.2 Å². The lowest BCUT2D eigenvalue weighted by Crippen LogP contribution is -2.18. The number of aromatic hydroxyl groups is 1. The second kappa shape index (κ2) is 8.66. The quantitative estimate of drug-likeness (QED) is 0.474. The van der Waals surface area contributed by atoms with Gasteiger partial charge in [0.25, 0.3) is 0 Å². The highest BCUT2D eigenvalue weighted by molar-refractivity contribution is 5.86. The van der Waals surface area contributed by atoms with Crippen LogP contribution >= 0.6 is 0 Å². The van der Waals surface area contributed by atoms with Gasteiger partial charge in [-0.1, -0.05) is 42.5 Å². The second-order valence-electron chi connectivity index (χ2n) is 7.69. The van der Waals surface area contributed by atoms with E-state index >= 15 is 0 Å². The van der Waals surface area contributed by atoms with E-state index in [-0.39, 0.29) is 11.2 Å². The topological polar surface area (TPSA) is 62.9 Å². The van der Waals surface area contributed by atoms with E-state index in [1.54, 1.807) is 26.2 Å². The summed E-state index contributed by atoms with van der Waals surface area (Å²) >= 11 is 0. The minimum Gasteiger partial charge on any atom is -0.507 e. The predicted octanol–water partition coefficient (Wildman–Crippen LogP) is 5.11. The molecule has 0 atom stereocenters. The number of hydrogen-bond acceptors (Lipinski definition) is 5. The summed E-state index contributed by atoms with van der Waals surface area (Å²) in [5.74, 6) is 1.44. The van der Waals surface area contributed by atoms with Crippen molar-refractivity contribution >= 4 is 11.0 Å². The van der Waals surface area contributed by atoms with Crippen molar-refractivity contribution in [1.29, 1.82) is 0 Å². The number of fused-ring (bicyclic) bond motifs is 1. The summed E-state index contributed by atoms with van der Waals surface area (Å²) in [5.41, 5.74) is 3.39. The predicted molar refractivity (Wildman–Crippen MR) is 122 cm³/mol. The average molecular weight is 415 g/mol. The maximum absolute atomic E-state index is 13.3. The van der Waals surface area contributed by atoms with Gasteiger partial charge in [0, 0.05) is 13.1 Å². The number of nitrogens with zero attached hydrogens (tertiary/aromatic N) is 1. The van der Waals surface area contributed by atoms with E-state index in [9.17, 15) is 9.90 Å². The van der Waals surface area contributed by atoms with Crippen LogP contribution in [0.1, 0.15) is 16.9 Å². The van der Waals surface area contributed by atoms with Crippen LogP contribution in [0.2, 0.25) is 0 Å². The van der Waals surface area contributed by atoms with E-state index < -0.39 is 0 Å². The number of ether oxygens (including phenoxy) is 1. The van der Waals surface area contributed by atoms with Gasteiger partial charge in [0.15, 0.2) is 0 Å². The summed E-state index contributed by atoms with van der Waals surface area (Å²) in [5, 5.41) is 11.0. The molecule has 1 heterocycles. The van der Waals surface area contributed by atoms with Crippen molar-refractivity contribution in [2.45, 2.75) is 20.0 Å². The molecule has 0 unspecified atom stereocenters. The largest absolute Gasteiger partial charge is 0.507 e. The molecule has 0 aliphatic rings. The smallest absolute Gasteiger partial charge is 0.200 e. The van der Waals surface area contributed by atoms with Crippen LogP contribution in [0.5, 0.6) is 11.5 Å². The Morgan fingerprint density at radius 2 is 1.77 bits per heavy atom. The van der Waals surface area contributed by atoms with Crippen LogP contribution in [0.25, 0.3) is 22.1 Å². The first kappa shape index (κ1) is 20.7. The number of phenolic OH excluding ortho intramolecular Hbond substituents is 1. The van der Waals surface area contributed by atoms with Gasteiger partial charge in [0.05, 0.1) is 23.6 Å². The number of rotatable bonds is 6. The van der Waals surface area contributed by atoms with Crippen molar-refractivity contribution in [2.75, 3.05) is 14.2 Å². The van der Waals surface area contributed by atoms with Crippen LogP contribution in [0.15, 0.2) is 75.9 Å². The van der Waals surface area contributed by atoms with Gasteiger partial charge in [0.2, 0.25) is 5.43 Å². The molecule has 158 valence electrons. The molecule has 5 nitrogen and oxygen atoms in total. The van der Waals surface area contributed by atoms with Gasteiger partial charge < -0.3 is 14.3 Å². The Morgan fingerprint density at radius 1 is 1.00 bits per heavy atom. The van der Waals surface area contributed by atoms with Crippen LogP contribution in [0.3, 0.4) is 0 Å². The highest BCUT2D eigenvalue weighted by Gasteiger charge is 2.19. The third-order valence-electron chi connectivity index (χ3n) is 5.39. The molecule has 0 saturated carbocycles. The van der Waals surface area contributed by atoms with E-state index in [1.165, 1.54) is 0 Å². The highest BCUT2D eigenvalue weighted by Crippen LogP contribution is 2.31. The lowest BCUT2D eigenvalue weighted by atomic mass is 10.0. The third-order valence-corrected chi connectivity index (χ3v) is 5.39. The number of phenols is 1. The van der Waals surface area contributed by atoms with E-state index in [0.29, 0.717) is 40.9 Å². The normalized spacial score (nSPS) is 11.2. The molecule has 1 N–H and O–H groups in total. The Morgan fingerprint density at radius 3 is 2.52 bits per heavy atom. The molecule has 0 saturated heterocycles. The summed E-state index contributed by atoms with van der Waals surface area (Å²) in [4.78, 5) is 15.4. The van der Waals surface area contributed by atoms with E-state index in [4.69, 9.17) is 9.15 Å². The molecule has 1 aromatic heterocycles. The SMILES string of the molecule is COc1cccc(CN(C)Cc2c(O)ccc3c(=O)c(-c4ccccc4)c(C)oc23)c1. The minimum absolute atomic E-state index is 0.0957. The number of benzene rings is 3. The van der Waals surface area contributed by atoms with Gasteiger partial charge in [-0.3, -0.25) is 9.69 Å².